The number of hydrogen-bond acceptors (Lipinski definition) is 4. The molecule has 0 aliphatic rings. The van der Waals surface area contributed by atoms with Crippen LogP contribution in [0.5, 0.6) is 0 Å². The van der Waals surface area contributed by atoms with E-state index in [1.54, 1.807) is 0 Å². The molecule has 0 aliphatic carbocycles. The fraction of sp³-hybridized carbons (Fsp3) is 0.977. The predicted molar refractivity (Wildman–Crippen MR) is 210 cm³/mol. The SMILES string of the molecule is CCCCCCCCCCCCCCCCCCCCCCCCCOCC(CO)OC(=O)CCCCCCCCCCCCCCC. The normalized spacial score (nSPS) is 12.1. The lowest BCUT2D eigenvalue weighted by Gasteiger charge is -2.16. The second kappa shape index (κ2) is 42.6. The van der Waals surface area contributed by atoms with Crippen LogP contribution in [-0.2, 0) is 14.3 Å². The molecule has 4 nitrogen and oxygen atoms in total. The van der Waals surface area contributed by atoms with Gasteiger partial charge in [-0.2, -0.15) is 0 Å². The molecule has 0 radical (unpaired) electrons. The van der Waals surface area contributed by atoms with Crippen LogP contribution in [0.3, 0.4) is 0 Å². The lowest BCUT2D eigenvalue weighted by atomic mass is 10.0. The average molecular weight is 681 g/mol. The summed E-state index contributed by atoms with van der Waals surface area (Å²) in [6.45, 7) is 5.40. The molecule has 4 heteroatoms. The van der Waals surface area contributed by atoms with E-state index < -0.39 is 6.10 Å². The molecular formula is C44H88O4. The summed E-state index contributed by atoms with van der Waals surface area (Å²) in [7, 11) is 0. The Morgan fingerprint density at radius 2 is 0.688 bits per heavy atom. The van der Waals surface area contributed by atoms with Crippen LogP contribution >= 0.6 is 0 Å². The fourth-order valence-electron chi connectivity index (χ4n) is 6.86. The van der Waals surface area contributed by atoms with Gasteiger partial charge in [-0.1, -0.05) is 232 Å². The van der Waals surface area contributed by atoms with Crippen LogP contribution in [0.25, 0.3) is 0 Å². The van der Waals surface area contributed by atoms with Crippen molar-refractivity contribution in [1.82, 2.24) is 0 Å². The Morgan fingerprint density at radius 3 is 0.979 bits per heavy atom. The van der Waals surface area contributed by atoms with E-state index in [4.69, 9.17) is 9.47 Å². The van der Waals surface area contributed by atoms with Gasteiger partial charge in [0.15, 0.2) is 0 Å². The quantitative estimate of drug-likeness (QED) is 0.0515. The van der Waals surface area contributed by atoms with E-state index in [0.717, 1.165) is 19.3 Å². The minimum atomic E-state index is -0.524. The van der Waals surface area contributed by atoms with E-state index >= 15 is 0 Å². The van der Waals surface area contributed by atoms with Gasteiger partial charge in [0.25, 0.3) is 0 Å². The van der Waals surface area contributed by atoms with Crippen LogP contribution in [0.1, 0.15) is 251 Å². The van der Waals surface area contributed by atoms with Crippen molar-refractivity contribution in [3.8, 4) is 0 Å². The molecule has 0 aliphatic heterocycles. The number of carbonyl (C=O) groups excluding carboxylic acids is 1. The second-order valence-corrected chi connectivity index (χ2v) is 15.1. The summed E-state index contributed by atoms with van der Waals surface area (Å²) in [5, 5.41) is 9.59. The van der Waals surface area contributed by atoms with Gasteiger partial charge in [0.1, 0.15) is 6.10 Å². The van der Waals surface area contributed by atoms with Crippen molar-refractivity contribution in [2.24, 2.45) is 0 Å². The first-order valence-corrected chi connectivity index (χ1v) is 22.1. The van der Waals surface area contributed by atoms with E-state index in [2.05, 4.69) is 13.8 Å². The molecule has 0 amide bonds. The molecule has 0 aromatic carbocycles. The average Bonchev–Trinajstić information content (AvgIpc) is 3.09. The van der Waals surface area contributed by atoms with Crippen molar-refractivity contribution >= 4 is 5.97 Å². The van der Waals surface area contributed by atoms with Crippen LogP contribution in [0.4, 0.5) is 0 Å². The smallest absolute Gasteiger partial charge is 0.306 e. The van der Waals surface area contributed by atoms with Crippen molar-refractivity contribution in [3.63, 3.8) is 0 Å². The molecule has 48 heavy (non-hydrogen) atoms. The summed E-state index contributed by atoms with van der Waals surface area (Å²) in [6.07, 6.45) is 48.9. The monoisotopic (exact) mass is 681 g/mol. The summed E-state index contributed by atoms with van der Waals surface area (Å²) in [5.41, 5.74) is 0. The maximum atomic E-state index is 12.2. The number of rotatable bonds is 42. The Labute approximate surface area is 302 Å². The first-order valence-electron chi connectivity index (χ1n) is 22.1. The molecule has 0 fully saturated rings. The first-order chi connectivity index (χ1) is 23.7. The van der Waals surface area contributed by atoms with Gasteiger partial charge in [0, 0.05) is 13.0 Å². The molecule has 288 valence electrons. The van der Waals surface area contributed by atoms with Crippen molar-refractivity contribution in [2.75, 3.05) is 19.8 Å². The highest BCUT2D eigenvalue weighted by Crippen LogP contribution is 2.16. The molecule has 0 bridgehead atoms. The highest BCUT2D eigenvalue weighted by Gasteiger charge is 2.13. The zero-order chi connectivity index (χ0) is 34.9. The van der Waals surface area contributed by atoms with Crippen LogP contribution < -0.4 is 0 Å². The molecule has 1 unspecified atom stereocenters. The van der Waals surface area contributed by atoms with Crippen molar-refractivity contribution in [2.45, 2.75) is 258 Å². The standard InChI is InChI=1S/C44H88O4/c1-3-5-7-9-11-13-15-17-18-19-20-21-22-23-24-25-26-28-30-32-34-36-38-40-47-42-43(41-45)48-44(46)39-37-35-33-31-29-27-16-14-12-10-8-6-4-2/h43,45H,3-42H2,1-2H3. The zero-order valence-corrected chi connectivity index (χ0v) is 33.0. The Bertz CT molecular complexity index is 594. The van der Waals surface area contributed by atoms with E-state index in [1.807, 2.05) is 0 Å². The first kappa shape index (κ1) is 47.4. The Hall–Kier alpha value is -0.610. The molecular weight excluding hydrogens is 592 g/mol. The van der Waals surface area contributed by atoms with E-state index in [-0.39, 0.29) is 12.6 Å². The van der Waals surface area contributed by atoms with Gasteiger partial charge in [-0.15, -0.1) is 0 Å². The summed E-state index contributed by atoms with van der Waals surface area (Å²) >= 11 is 0. The number of carbonyl (C=O) groups is 1. The van der Waals surface area contributed by atoms with Crippen LogP contribution in [0, 0.1) is 0 Å². The predicted octanol–water partition coefficient (Wildman–Crippen LogP) is 14.4. The zero-order valence-electron chi connectivity index (χ0n) is 33.0. The van der Waals surface area contributed by atoms with Crippen molar-refractivity contribution in [3.05, 3.63) is 0 Å². The number of unbranched alkanes of at least 4 members (excludes halogenated alkanes) is 34. The number of aliphatic hydroxyl groups excluding tert-OH is 1. The highest BCUT2D eigenvalue weighted by atomic mass is 16.6. The van der Waals surface area contributed by atoms with Crippen molar-refractivity contribution < 1.29 is 19.4 Å². The van der Waals surface area contributed by atoms with Gasteiger partial charge in [-0.3, -0.25) is 4.79 Å². The number of esters is 1. The second-order valence-electron chi connectivity index (χ2n) is 15.1. The molecule has 1 atom stereocenters. The minimum Gasteiger partial charge on any atom is -0.457 e. The van der Waals surface area contributed by atoms with E-state index in [9.17, 15) is 9.90 Å². The molecule has 1 N–H and O–H groups in total. The van der Waals surface area contributed by atoms with Gasteiger partial charge >= 0.3 is 5.97 Å². The lowest BCUT2D eigenvalue weighted by molar-refractivity contribution is -0.154. The fourth-order valence-corrected chi connectivity index (χ4v) is 6.86. The van der Waals surface area contributed by atoms with Crippen LogP contribution in [0.15, 0.2) is 0 Å². The Balaban J connectivity index is 3.32. The third-order valence-corrected chi connectivity index (χ3v) is 10.2. The molecule has 0 aromatic heterocycles. The molecule has 0 saturated carbocycles. The third-order valence-electron chi connectivity index (χ3n) is 10.2. The molecule has 0 aromatic rings. The summed E-state index contributed by atoms with van der Waals surface area (Å²) in [4.78, 5) is 12.2. The minimum absolute atomic E-state index is 0.163. The molecule has 0 rings (SSSR count). The third kappa shape index (κ3) is 39.8. The van der Waals surface area contributed by atoms with Gasteiger partial charge in [-0.05, 0) is 12.8 Å². The highest BCUT2D eigenvalue weighted by molar-refractivity contribution is 5.69. The summed E-state index contributed by atoms with van der Waals surface area (Å²) in [6, 6.07) is 0. The summed E-state index contributed by atoms with van der Waals surface area (Å²) in [5.74, 6) is -0.194. The lowest BCUT2D eigenvalue weighted by Crippen LogP contribution is -2.27. The Morgan fingerprint density at radius 1 is 0.417 bits per heavy atom. The largest absolute Gasteiger partial charge is 0.457 e. The topological polar surface area (TPSA) is 55.8 Å². The maximum Gasteiger partial charge on any atom is 0.306 e. The number of hydrogen-bond donors (Lipinski definition) is 1. The van der Waals surface area contributed by atoms with Gasteiger partial charge in [0.05, 0.1) is 13.2 Å². The molecule has 0 spiro atoms. The number of aliphatic hydroxyl groups is 1. The molecule has 0 heterocycles. The van der Waals surface area contributed by atoms with Gasteiger partial charge < -0.3 is 14.6 Å². The van der Waals surface area contributed by atoms with Gasteiger partial charge in [-0.25, -0.2) is 0 Å². The molecule has 0 saturated heterocycles. The number of ether oxygens (including phenoxy) is 2. The summed E-state index contributed by atoms with van der Waals surface area (Å²) < 4.78 is 11.2. The maximum absolute atomic E-state index is 12.2. The van der Waals surface area contributed by atoms with E-state index in [1.165, 1.54) is 212 Å². The van der Waals surface area contributed by atoms with Crippen molar-refractivity contribution in [1.29, 1.82) is 0 Å². The Kier molecular flexibility index (Phi) is 42.0. The van der Waals surface area contributed by atoms with E-state index in [0.29, 0.717) is 19.6 Å². The van der Waals surface area contributed by atoms with Gasteiger partial charge in [0.2, 0.25) is 0 Å². The van der Waals surface area contributed by atoms with Crippen LogP contribution in [-0.4, -0.2) is 37.0 Å². The van der Waals surface area contributed by atoms with Crippen LogP contribution in [0.2, 0.25) is 0 Å².